The van der Waals surface area contributed by atoms with E-state index >= 15 is 0 Å². The minimum absolute atomic E-state index is 0.287. The number of hydrogen-bond donors (Lipinski definition) is 1. The summed E-state index contributed by atoms with van der Waals surface area (Å²) in [7, 11) is 4.58. The second kappa shape index (κ2) is 7.40. The van der Waals surface area contributed by atoms with Crippen LogP contribution in [0.4, 0.5) is 0 Å². The average Bonchev–Trinajstić information content (AvgIpc) is 2.59. The molecule has 1 amide bonds. The molecule has 2 N–H and O–H groups in total. The van der Waals surface area contributed by atoms with Gasteiger partial charge in [0, 0.05) is 5.56 Å². The van der Waals surface area contributed by atoms with Crippen LogP contribution in [0.15, 0.2) is 36.4 Å². The zero-order chi connectivity index (χ0) is 16.8. The monoisotopic (exact) mass is 317 g/mol. The molecule has 0 aliphatic heterocycles. The van der Waals surface area contributed by atoms with Crippen LogP contribution in [0, 0.1) is 0 Å². The van der Waals surface area contributed by atoms with Gasteiger partial charge in [-0.3, -0.25) is 4.79 Å². The zero-order valence-electron chi connectivity index (χ0n) is 13.3. The van der Waals surface area contributed by atoms with Crippen LogP contribution in [0.5, 0.6) is 23.0 Å². The Kier molecular flexibility index (Phi) is 5.30. The molecule has 2 aromatic carbocycles. The van der Waals surface area contributed by atoms with Gasteiger partial charge in [-0.15, -0.1) is 0 Å². The summed E-state index contributed by atoms with van der Waals surface area (Å²) >= 11 is 0. The lowest BCUT2D eigenvalue weighted by Crippen LogP contribution is -2.12. The number of primary amides is 1. The van der Waals surface area contributed by atoms with Crippen LogP contribution in [0.3, 0.4) is 0 Å². The van der Waals surface area contributed by atoms with E-state index in [0.29, 0.717) is 23.9 Å². The van der Waals surface area contributed by atoms with Crippen LogP contribution < -0.4 is 24.7 Å². The number of ether oxygens (including phenoxy) is 4. The van der Waals surface area contributed by atoms with Crippen LogP contribution in [0.2, 0.25) is 0 Å². The highest BCUT2D eigenvalue weighted by Gasteiger charge is 2.16. The molecule has 2 aromatic rings. The first-order valence-corrected chi connectivity index (χ1v) is 6.90. The van der Waals surface area contributed by atoms with Crippen LogP contribution in [-0.2, 0) is 6.61 Å². The second-order valence-electron chi connectivity index (χ2n) is 4.71. The summed E-state index contributed by atoms with van der Waals surface area (Å²) in [6.07, 6.45) is 0. The molecule has 0 aromatic heterocycles. The summed E-state index contributed by atoms with van der Waals surface area (Å²) in [6.45, 7) is 0.312. The lowest BCUT2D eigenvalue weighted by Gasteiger charge is -2.15. The first-order valence-electron chi connectivity index (χ1n) is 6.90. The minimum Gasteiger partial charge on any atom is -0.497 e. The van der Waals surface area contributed by atoms with E-state index in [1.807, 2.05) is 24.3 Å². The van der Waals surface area contributed by atoms with Gasteiger partial charge in [0.2, 0.25) is 11.7 Å². The fraction of sp³-hybridized carbons (Fsp3) is 0.235. The normalized spacial score (nSPS) is 10.0. The third kappa shape index (κ3) is 3.85. The van der Waals surface area contributed by atoms with Gasteiger partial charge in [-0.05, 0) is 29.8 Å². The van der Waals surface area contributed by atoms with E-state index in [-0.39, 0.29) is 5.56 Å². The number of benzene rings is 2. The van der Waals surface area contributed by atoms with Gasteiger partial charge in [0.15, 0.2) is 11.5 Å². The van der Waals surface area contributed by atoms with Gasteiger partial charge in [-0.1, -0.05) is 12.1 Å². The lowest BCUT2D eigenvalue weighted by atomic mass is 10.1. The fourth-order valence-electron chi connectivity index (χ4n) is 2.04. The van der Waals surface area contributed by atoms with E-state index in [1.54, 1.807) is 7.11 Å². The van der Waals surface area contributed by atoms with E-state index in [2.05, 4.69) is 0 Å². The number of hydrogen-bond acceptors (Lipinski definition) is 5. The van der Waals surface area contributed by atoms with Gasteiger partial charge in [0.25, 0.3) is 0 Å². The smallest absolute Gasteiger partial charge is 0.248 e. The van der Waals surface area contributed by atoms with Crippen molar-refractivity contribution >= 4 is 5.91 Å². The van der Waals surface area contributed by atoms with Crippen molar-refractivity contribution in [2.24, 2.45) is 5.73 Å². The van der Waals surface area contributed by atoms with Crippen LogP contribution >= 0.6 is 0 Å². The van der Waals surface area contributed by atoms with Gasteiger partial charge in [-0.25, -0.2) is 0 Å². The van der Waals surface area contributed by atoms with Crippen molar-refractivity contribution in [1.29, 1.82) is 0 Å². The molecule has 0 unspecified atom stereocenters. The molecule has 0 saturated heterocycles. The topological polar surface area (TPSA) is 80.0 Å². The number of amides is 1. The SMILES string of the molecule is COc1ccc(COc2c(OC)cc(C(N)=O)cc2OC)cc1. The highest BCUT2D eigenvalue weighted by Crippen LogP contribution is 2.39. The molecule has 0 aliphatic carbocycles. The Bertz CT molecular complexity index is 657. The maximum Gasteiger partial charge on any atom is 0.248 e. The van der Waals surface area contributed by atoms with E-state index < -0.39 is 5.91 Å². The van der Waals surface area contributed by atoms with Crippen molar-refractivity contribution in [1.82, 2.24) is 0 Å². The maximum absolute atomic E-state index is 11.3. The Labute approximate surface area is 134 Å². The molecular formula is C17H19NO5. The molecule has 0 heterocycles. The number of carbonyl (C=O) groups is 1. The molecule has 0 radical (unpaired) electrons. The van der Waals surface area contributed by atoms with Gasteiger partial charge in [0.1, 0.15) is 12.4 Å². The third-order valence-electron chi connectivity index (χ3n) is 3.29. The Morgan fingerprint density at radius 1 is 0.957 bits per heavy atom. The van der Waals surface area contributed by atoms with Crippen molar-refractivity contribution in [3.63, 3.8) is 0 Å². The van der Waals surface area contributed by atoms with E-state index in [9.17, 15) is 4.79 Å². The molecule has 0 aliphatic rings. The standard InChI is InChI=1S/C17H19NO5/c1-20-13-6-4-11(5-7-13)10-23-16-14(21-2)8-12(17(18)19)9-15(16)22-3/h4-9H,10H2,1-3H3,(H2,18,19). The minimum atomic E-state index is -0.566. The van der Waals surface area contributed by atoms with Gasteiger partial charge < -0.3 is 24.7 Å². The number of rotatable bonds is 7. The summed E-state index contributed by atoms with van der Waals surface area (Å²) in [5, 5.41) is 0. The molecule has 0 bridgehead atoms. The maximum atomic E-state index is 11.3. The van der Waals surface area contributed by atoms with Crippen molar-refractivity contribution in [3.8, 4) is 23.0 Å². The summed E-state index contributed by atoms with van der Waals surface area (Å²) in [4.78, 5) is 11.3. The number of carbonyl (C=O) groups excluding carboxylic acids is 1. The van der Waals surface area contributed by atoms with Crippen LogP contribution in [-0.4, -0.2) is 27.2 Å². The van der Waals surface area contributed by atoms with Crippen molar-refractivity contribution < 1.29 is 23.7 Å². The number of methoxy groups -OCH3 is 3. The van der Waals surface area contributed by atoms with Gasteiger partial charge >= 0.3 is 0 Å². The first kappa shape index (κ1) is 16.5. The summed E-state index contributed by atoms with van der Waals surface area (Å²) < 4.78 is 21.5. The highest BCUT2D eigenvalue weighted by molar-refractivity contribution is 5.94. The van der Waals surface area contributed by atoms with E-state index in [1.165, 1.54) is 26.4 Å². The summed E-state index contributed by atoms with van der Waals surface area (Å²) in [5.74, 6) is 1.38. The molecular weight excluding hydrogens is 298 g/mol. The Morgan fingerprint density at radius 3 is 1.96 bits per heavy atom. The number of nitrogens with two attached hydrogens (primary N) is 1. The molecule has 23 heavy (non-hydrogen) atoms. The zero-order valence-corrected chi connectivity index (χ0v) is 13.3. The van der Waals surface area contributed by atoms with Crippen molar-refractivity contribution in [2.75, 3.05) is 21.3 Å². The van der Waals surface area contributed by atoms with Crippen LogP contribution in [0.25, 0.3) is 0 Å². The lowest BCUT2D eigenvalue weighted by molar-refractivity contribution is 0.0999. The first-order chi connectivity index (χ1) is 11.1. The molecule has 0 fully saturated rings. The summed E-state index contributed by atoms with van der Waals surface area (Å²) in [6, 6.07) is 10.5. The predicted molar refractivity (Wildman–Crippen MR) is 85.4 cm³/mol. The second-order valence-corrected chi connectivity index (χ2v) is 4.71. The van der Waals surface area contributed by atoms with E-state index in [0.717, 1.165) is 11.3 Å². The quantitative estimate of drug-likeness (QED) is 0.848. The van der Waals surface area contributed by atoms with Crippen LogP contribution in [0.1, 0.15) is 15.9 Å². The van der Waals surface area contributed by atoms with Crippen molar-refractivity contribution in [3.05, 3.63) is 47.5 Å². The van der Waals surface area contributed by atoms with Gasteiger partial charge in [0.05, 0.1) is 21.3 Å². The van der Waals surface area contributed by atoms with Crippen molar-refractivity contribution in [2.45, 2.75) is 6.61 Å². The predicted octanol–water partition coefficient (Wildman–Crippen LogP) is 2.39. The Balaban J connectivity index is 2.25. The molecule has 0 atom stereocenters. The molecule has 0 saturated carbocycles. The van der Waals surface area contributed by atoms with Gasteiger partial charge in [-0.2, -0.15) is 0 Å². The largest absolute Gasteiger partial charge is 0.497 e. The summed E-state index contributed by atoms with van der Waals surface area (Å²) in [5.41, 5.74) is 6.54. The average molecular weight is 317 g/mol. The fourth-order valence-corrected chi connectivity index (χ4v) is 2.04. The molecule has 2 rings (SSSR count). The highest BCUT2D eigenvalue weighted by atomic mass is 16.5. The molecule has 6 nitrogen and oxygen atoms in total. The molecule has 6 heteroatoms. The van der Waals surface area contributed by atoms with E-state index in [4.69, 9.17) is 24.7 Å². The molecule has 122 valence electrons. The molecule has 0 spiro atoms. The third-order valence-corrected chi connectivity index (χ3v) is 3.29. The Hall–Kier alpha value is -2.89. The Morgan fingerprint density at radius 2 is 1.52 bits per heavy atom.